The number of anilines is 1. The summed E-state index contributed by atoms with van der Waals surface area (Å²) in [5.41, 5.74) is 0.492. The molecule has 0 spiro atoms. The molecule has 190 valence electrons. The number of unbranched alkanes of at least 4 members (excludes halogenated alkanes) is 1. The van der Waals surface area contributed by atoms with Crippen LogP contribution in [0.3, 0.4) is 0 Å². The number of piperazine rings is 1. The zero-order chi connectivity index (χ0) is 25.3. The molecule has 1 aliphatic heterocycles. The molecule has 0 aliphatic carbocycles. The van der Waals surface area contributed by atoms with Crippen LogP contribution in [0.15, 0.2) is 24.3 Å². The number of hydrogen-bond acceptors (Lipinski definition) is 6. The van der Waals surface area contributed by atoms with E-state index >= 15 is 0 Å². The molecule has 1 heterocycles. The predicted octanol–water partition coefficient (Wildman–Crippen LogP) is 2.53. The lowest BCUT2D eigenvalue weighted by molar-refractivity contribution is -0.155. The summed E-state index contributed by atoms with van der Waals surface area (Å²) in [4.78, 5) is 41.5. The molecule has 0 aromatic heterocycles. The van der Waals surface area contributed by atoms with E-state index in [1.54, 1.807) is 12.0 Å². The Balaban J connectivity index is 2.09. The first kappa shape index (κ1) is 27.4. The molecule has 1 fully saturated rings. The van der Waals surface area contributed by atoms with Gasteiger partial charge in [-0.3, -0.25) is 19.6 Å². The minimum atomic E-state index is -0.717. The summed E-state index contributed by atoms with van der Waals surface area (Å²) in [6, 6.07) is 7.11. The number of methoxy groups -OCH3 is 1. The molecule has 0 unspecified atom stereocenters. The Morgan fingerprint density at radius 3 is 2.41 bits per heavy atom. The molecule has 34 heavy (non-hydrogen) atoms. The summed E-state index contributed by atoms with van der Waals surface area (Å²) >= 11 is 0. The predicted molar refractivity (Wildman–Crippen MR) is 131 cm³/mol. The van der Waals surface area contributed by atoms with Gasteiger partial charge in [0.15, 0.2) is 0 Å². The Morgan fingerprint density at radius 1 is 1.21 bits per heavy atom. The molecule has 3 amide bonds. The monoisotopic (exact) mass is 476 g/mol. The highest BCUT2D eigenvalue weighted by Gasteiger charge is 2.38. The van der Waals surface area contributed by atoms with Gasteiger partial charge in [0, 0.05) is 26.2 Å². The van der Waals surface area contributed by atoms with Gasteiger partial charge in [0.25, 0.3) is 0 Å². The molecule has 2 atom stereocenters. The van der Waals surface area contributed by atoms with Crippen molar-refractivity contribution in [3.63, 3.8) is 0 Å². The van der Waals surface area contributed by atoms with Gasteiger partial charge in [-0.2, -0.15) is 0 Å². The second-order valence-corrected chi connectivity index (χ2v) is 9.86. The Morgan fingerprint density at radius 2 is 1.85 bits per heavy atom. The first-order valence-corrected chi connectivity index (χ1v) is 12.0. The van der Waals surface area contributed by atoms with Crippen molar-refractivity contribution in [1.29, 1.82) is 0 Å². The first-order chi connectivity index (χ1) is 16.1. The van der Waals surface area contributed by atoms with E-state index in [0.29, 0.717) is 44.1 Å². The van der Waals surface area contributed by atoms with Gasteiger partial charge in [0.1, 0.15) is 11.8 Å². The average Bonchev–Trinajstić information content (AvgIpc) is 2.83. The molecule has 1 aromatic carbocycles. The number of carbonyl (C=O) groups excluding carboxylic acids is 3. The van der Waals surface area contributed by atoms with Crippen molar-refractivity contribution < 1.29 is 24.3 Å². The van der Waals surface area contributed by atoms with Gasteiger partial charge in [0.05, 0.1) is 25.3 Å². The van der Waals surface area contributed by atoms with Gasteiger partial charge >= 0.3 is 0 Å². The van der Waals surface area contributed by atoms with Crippen molar-refractivity contribution in [2.75, 3.05) is 44.7 Å². The fraction of sp³-hybridized carbons (Fsp3) is 0.640. The van der Waals surface area contributed by atoms with Crippen molar-refractivity contribution in [1.82, 2.24) is 15.3 Å². The largest absolute Gasteiger partial charge is 0.495 e. The number of para-hydroxylation sites is 2. The summed E-state index contributed by atoms with van der Waals surface area (Å²) < 4.78 is 5.47. The standard InChI is InChI=1S/C25H40N4O5/c1-6-7-10-19(17-29(33)18-30)23(31)26-22(25(2,3)4)24(32)28-15-13-27(14-16-28)20-11-8-9-12-21(20)34-5/h8-9,11-12,18-19,22,33H,6-7,10,13-17H2,1-5H3,(H,26,31)/t19-,22-/m1/s1. The van der Waals surface area contributed by atoms with E-state index in [9.17, 15) is 19.6 Å². The highest BCUT2D eigenvalue weighted by atomic mass is 16.5. The lowest BCUT2D eigenvalue weighted by atomic mass is 9.85. The molecule has 1 aliphatic rings. The van der Waals surface area contributed by atoms with Crippen LogP contribution in [-0.2, 0) is 14.4 Å². The minimum Gasteiger partial charge on any atom is -0.495 e. The second-order valence-electron chi connectivity index (χ2n) is 9.86. The van der Waals surface area contributed by atoms with Crippen LogP contribution in [0, 0.1) is 11.3 Å². The maximum Gasteiger partial charge on any atom is 0.245 e. The molecule has 0 bridgehead atoms. The van der Waals surface area contributed by atoms with Gasteiger partial charge in [0.2, 0.25) is 18.2 Å². The van der Waals surface area contributed by atoms with Crippen LogP contribution in [0.1, 0.15) is 47.0 Å². The van der Waals surface area contributed by atoms with Crippen LogP contribution in [0.4, 0.5) is 5.69 Å². The SMILES string of the molecule is CCCC[C@H](CN(O)C=O)C(=O)N[C@H](C(=O)N1CCN(c2ccccc2OC)CC1)C(C)(C)C. The second kappa shape index (κ2) is 12.6. The molecule has 0 radical (unpaired) electrons. The molecule has 9 nitrogen and oxygen atoms in total. The summed E-state index contributed by atoms with van der Waals surface area (Å²) in [6.07, 6.45) is 2.48. The molecule has 2 N–H and O–H groups in total. The molecule has 0 saturated carbocycles. The van der Waals surface area contributed by atoms with Crippen LogP contribution in [-0.4, -0.2) is 79.3 Å². The fourth-order valence-corrected chi connectivity index (χ4v) is 4.17. The quantitative estimate of drug-likeness (QED) is 0.289. The van der Waals surface area contributed by atoms with E-state index in [0.717, 1.165) is 24.3 Å². The highest BCUT2D eigenvalue weighted by molar-refractivity contribution is 5.89. The van der Waals surface area contributed by atoms with Crippen molar-refractivity contribution in [3.05, 3.63) is 24.3 Å². The fourth-order valence-electron chi connectivity index (χ4n) is 4.17. The summed E-state index contributed by atoms with van der Waals surface area (Å²) in [6.45, 7) is 10.1. The highest BCUT2D eigenvalue weighted by Crippen LogP contribution is 2.29. The number of ether oxygens (including phenoxy) is 1. The van der Waals surface area contributed by atoms with Crippen molar-refractivity contribution in [2.45, 2.75) is 53.0 Å². The number of benzene rings is 1. The van der Waals surface area contributed by atoms with E-state index in [4.69, 9.17) is 4.74 Å². The summed E-state index contributed by atoms with van der Waals surface area (Å²) in [7, 11) is 1.65. The molecule has 1 saturated heterocycles. The van der Waals surface area contributed by atoms with Crippen LogP contribution >= 0.6 is 0 Å². The summed E-state index contributed by atoms with van der Waals surface area (Å²) in [5, 5.41) is 13.1. The lowest BCUT2D eigenvalue weighted by Gasteiger charge is -2.40. The third-order valence-electron chi connectivity index (χ3n) is 6.22. The van der Waals surface area contributed by atoms with Crippen molar-refractivity contribution in [2.24, 2.45) is 11.3 Å². The lowest BCUT2D eigenvalue weighted by Crippen LogP contribution is -2.59. The van der Waals surface area contributed by atoms with E-state index in [-0.39, 0.29) is 18.4 Å². The average molecular weight is 477 g/mol. The molecular weight excluding hydrogens is 436 g/mol. The number of rotatable bonds is 11. The Bertz CT molecular complexity index is 818. The number of carbonyl (C=O) groups is 3. The minimum absolute atomic E-state index is 0.0992. The molecule has 9 heteroatoms. The number of hydrogen-bond donors (Lipinski definition) is 2. The van der Waals surface area contributed by atoms with Crippen molar-refractivity contribution >= 4 is 23.9 Å². The Kier molecular flexibility index (Phi) is 10.2. The van der Waals surface area contributed by atoms with Crippen LogP contribution in [0.25, 0.3) is 0 Å². The molecule has 1 aromatic rings. The summed E-state index contributed by atoms with van der Waals surface area (Å²) in [5.74, 6) is -0.232. The Labute approximate surface area is 203 Å². The van der Waals surface area contributed by atoms with Crippen LogP contribution in [0.5, 0.6) is 5.75 Å². The smallest absolute Gasteiger partial charge is 0.245 e. The topological polar surface area (TPSA) is 102 Å². The van der Waals surface area contributed by atoms with Gasteiger partial charge in [-0.15, -0.1) is 0 Å². The third kappa shape index (κ3) is 7.35. The third-order valence-corrected chi connectivity index (χ3v) is 6.22. The normalized spacial score (nSPS) is 15.9. The number of hydroxylamine groups is 2. The van der Waals surface area contributed by atoms with Gasteiger partial charge in [-0.05, 0) is 24.0 Å². The molecule has 2 rings (SSSR count). The number of nitrogens with zero attached hydrogens (tertiary/aromatic N) is 3. The van der Waals surface area contributed by atoms with E-state index in [2.05, 4.69) is 10.2 Å². The van der Waals surface area contributed by atoms with Gasteiger partial charge in [-0.25, -0.2) is 5.06 Å². The van der Waals surface area contributed by atoms with Crippen molar-refractivity contribution in [3.8, 4) is 5.75 Å². The van der Waals surface area contributed by atoms with Crippen LogP contribution < -0.4 is 15.0 Å². The van der Waals surface area contributed by atoms with E-state index in [1.165, 1.54) is 0 Å². The molecular formula is C25H40N4O5. The van der Waals surface area contributed by atoms with E-state index < -0.39 is 17.4 Å². The Hall–Kier alpha value is -2.81. The van der Waals surface area contributed by atoms with Crippen LogP contribution in [0.2, 0.25) is 0 Å². The maximum absolute atomic E-state index is 13.5. The maximum atomic E-state index is 13.5. The van der Waals surface area contributed by atoms with E-state index in [1.807, 2.05) is 52.0 Å². The number of nitrogens with one attached hydrogen (secondary N) is 1. The van der Waals surface area contributed by atoms with Gasteiger partial charge < -0.3 is 19.9 Å². The zero-order valence-electron chi connectivity index (χ0n) is 21.1. The first-order valence-electron chi connectivity index (χ1n) is 12.0. The zero-order valence-corrected chi connectivity index (χ0v) is 21.1. The number of amides is 3. The van der Waals surface area contributed by atoms with Gasteiger partial charge in [-0.1, -0.05) is 52.7 Å².